The molecule has 4 aromatic rings. The van der Waals surface area contributed by atoms with Crippen molar-refractivity contribution in [2.24, 2.45) is 0 Å². The smallest absolute Gasteiger partial charge is 0.257 e. The number of amides is 1. The minimum absolute atomic E-state index is 0.0914. The molecule has 216 valence electrons. The molecule has 0 radical (unpaired) electrons. The summed E-state index contributed by atoms with van der Waals surface area (Å²) in [6.07, 6.45) is 1.29. The van der Waals surface area contributed by atoms with Crippen LogP contribution in [-0.2, 0) is 24.4 Å². The van der Waals surface area contributed by atoms with E-state index in [1.54, 1.807) is 18.3 Å². The summed E-state index contributed by atoms with van der Waals surface area (Å²) < 4.78 is 25.6. The highest BCUT2D eigenvalue weighted by Gasteiger charge is 2.28. The van der Waals surface area contributed by atoms with Crippen molar-refractivity contribution < 1.29 is 23.7 Å². The zero-order valence-electron chi connectivity index (χ0n) is 22.9. The van der Waals surface area contributed by atoms with Gasteiger partial charge in [0, 0.05) is 37.4 Å². The number of morpholine rings is 1. The van der Waals surface area contributed by atoms with E-state index in [0.29, 0.717) is 72.7 Å². The number of aromatic nitrogens is 1. The largest absolute Gasteiger partial charge is 0.486 e. The van der Waals surface area contributed by atoms with Gasteiger partial charge in [-0.1, -0.05) is 29.8 Å². The fourth-order valence-corrected chi connectivity index (χ4v) is 5.87. The lowest BCUT2D eigenvalue weighted by atomic mass is 10.0. The second kappa shape index (κ2) is 11.3. The van der Waals surface area contributed by atoms with Crippen LogP contribution in [0.5, 0.6) is 17.2 Å². The molecule has 3 aliphatic rings. The van der Waals surface area contributed by atoms with Gasteiger partial charge in [-0.3, -0.25) is 14.5 Å². The zero-order valence-corrected chi connectivity index (χ0v) is 23.7. The summed E-state index contributed by atoms with van der Waals surface area (Å²) in [6.45, 7) is 5.33. The molecule has 0 spiro atoms. The van der Waals surface area contributed by atoms with Gasteiger partial charge in [0.05, 0.1) is 30.7 Å². The van der Waals surface area contributed by atoms with Crippen molar-refractivity contribution in [2.45, 2.75) is 25.7 Å². The molecule has 7 rings (SSSR count). The molecule has 1 unspecified atom stereocenters. The molecule has 1 amide bonds. The standard InChI is InChI=1S/C32H30ClN3O6/c33-23-4-1-20(2-5-23)16-34-32(38)25-18-36-19-29(22-3-6-26-27(15-22)41-12-11-40-26)42-28-14-21(13-24(30(28)36)31(25)37)17-35-7-9-39-10-8-35/h1-6,13-15,18,29H,7-12,16-17,19H2,(H,34,38). The average Bonchev–Trinajstić information content (AvgIpc) is 3.02. The molecule has 0 bridgehead atoms. The van der Waals surface area contributed by atoms with Crippen LogP contribution in [0, 0.1) is 0 Å². The van der Waals surface area contributed by atoms with Crippen molar-refractivity contribution >= 4 is 28.4 Å². The number of nitrogens with zero attached hydrogens (tertiary/aromatic N) is 2. The predicted octanol–water partition coefficient (Wildman–Crippen LogP) is 4.32. The first kappa shape index (κ1) is 26.8. The second-order valence-electron chi connectivity index (χ2n) is 10.7. The monoisotopic (exact) mass is 587 g/mol. The Morgan fingerprint density at radius 1 is 0.905 bits per heavy atom. The summed E-state index contributed by atoms with van der Waals surface area (Å²) in [4.78, 5) is 29.5. The number of pyridine rings is 1. The zero-order chi connectivity index (χ0) is 28.6. The highest BCUT2D eigenvalue weighted by molar-refractivity contribution is 6.30. The number of carbonyl (C=O) groups excluding carboxylic acids is 1. The maximum atomic E-state index is 13.8. The van der Waals surface area contributed by atoms with Gasteiger partial charge in [0.15, 0.2) is 11.5 Å². The second-order valence-corrected chi connectivity index (χ2v) is 11.2. The van der Waals surface area contributed by atoms with E-state index in [1.807, 2.05) is 47.0 Å². The van der Waals surface area contributed by atoms with Crippen LogP contribution < -0.4 is 25.0 Å². The van der Waals surface area contributed by atoms with Crippen molar-refractivity contribution in [3.05, 3.63) is 98.3 Å². The first-order valence-electron chi connectivity index (χ1n) is 14.1. The van der Waals surface area contributed by atoms with E-state index in [9.17, 15) is 9.59 Å². The molecular formula is C32H30ClN3O6. The molecule has 1 fully saturated rings. The fraction of sp³-hybridized carbons (Fsp3) is 0.312. The van der Waals surface area contributed by atoms with Gasteiger partial charge in [0.2, 0.25) is 5.43 Å². The van der Waals surface area contributed by atoms with Gasteiger partial charge < -0.3 is 28.8 Å². The summed E-state index contributed by atoms with van der Waals surface area (Å²) >= 11 is 6.00. The van der Waals surface area contributed by atoms with Crippen molar-refractivity contribution in [2.75, 3.05) is 39.5 Å². The lowest BCUT2D eigenvalue weighted by molar-refractivity contribution is 0.0341. The van der Waals surface area contributed by atoms with Gasteiger partial charge in [-0.05, 0) is 53.1 Å². The van der Waals surface area contributed by atoms with E-state index in [4.69, 9.17) is 30.5 Å². The van der Waals surface area contributed by atoms with E-state index in [1.165, 1.54) is 0 Å². The van der Waals surface area contributed by atoms with Gasteiger partial charge in [-0.25, -0.2) is 0 Å². The van der Waals surface area contributed by atoms with Crippen LogP contribution in [0.25, 0.3) is 10.9 Å². The van der Waals surface area contributed by atoms with Crippen LogP contribution in [0.1, 0.15) is 33.2 Å². The molecule has 9 nitrogen and oxygen atoms in total. The summed E-state index contributed by atoms with van der Waals surface area (Å²) in [6, 6.07) is 17.0. The van der Waals surface area contributed by atoms with Crippen LogP contribution in [0.2, 0.25) is 5.02 Å². The minimum atomic E-state index is -0.428. The number of rotatable bonds is 6. The van der Waals surface area contributed by atoms with Gasteiger partial charge in [-0.2, -0.15) is 0 Å². The molecule has 1 N–H and O–H groups in total. The van der Waals surface area contributed by atoms with E-state index >= 15 is 0 Å². The van der Waals surface area contributed by atoms with Crippen LogP contribution in [0.4, 0.5) is 0 Å². The van der Waals surface area contributed by atoms with E-state index in [0.717, 1.165) is 29.8 Å². The first-order chi connectivity index (χ1) is 20.5. The number of ether oxygens (including phenoxy) is 4. The highest BCUT2D eigenvalue weighted by atomic mass is 35.5. The Labute approximate surface area is 247 Å². The molecule has 0 saturated carbocycles. The molecule has 0 aliphatic carbocycles. The third-order valence-electron chi connectivity index (χ3n) is 7.89. The molecule has 4 heterocycles. The quantitative estimate of drug-likeness (QED) is 0.359. The normalized spacial score (nSPS) is 18.0. The number of fused-ring (bicyclic) bond motifs is 1. The SMILES string of the molecule is O=C(NCc1ccc(Cl)cc1)c1cn2c3c(cc(CN4CCOCC4)cc3c1=O)OC(c1ccc3c(c1)OCCO3)C2. The molecular weight excluding hydrogens is 558 g/mol. The summed E-state index contributed by atoms with van der Waals surface area (Å²) in [5.74, 6) is 1.58. The molecule has 3 aliphatic heterocycles. The predicted molar refractivity (Wildman–Crippen MR) is 158 cm³/mol. The maximum absolute atomic E-state index is 13.8. The molecule has 42 heavy (non-hydrogen) atoms. The van der Waals surface area contributed by atoms with Crippen LogP contribution in [-0.4, -0.2) is 54.9 Å². The van der Waals surface area contributed by atoms with E-state index in [-0.39, 0.29) is 23.6 Å². The molecule has 10 heteroatoms. The average molecular weight is 588 g/mol. The number of hydrogen-bond donors (Lipinski definition) is 1. The lowest BCUT2D eigenvalue weighted by Crippen LogP contribution is -2.35. The summed E-state index contributed by atoms with van der Waals surface area (Å²) in [7, 11) is 0. The van der Waals surface area contributed by atoms with Crippen LogP contribution in [0.15, 0.2) is 65.6 Å². The van der Waals surface area contributed by atoms with E-state index in [2.05, 4.69) is 10.2 Å². The van der Waals surface area contributed by atoms with Crippen molar-refractivity contribution in [3.63, 3.8) is 0 Å². The molecule has 1 atom stereocenters. The van der Waals surface area contributed by atoms with Gasteiger partial charge in [0.1, 0.15) is 30.6 Å². The summed E-state index contributed by atoms with van der Waals surface area (Å²) in [5, 5.41) is 3.99. The van der Waals surface area contributed by atoms with Crippen molar-refractivity contribution in [1.82, 2.24) is 14.8 Å². The third-order valence-corrected chi connectivity index (χ3v) is 8.14. The fourth-order valence-electron chi connectivity index (χ4n) is 5.75. The third kappa shape index (κ3) is 5.31. The Hall–Kier alpha value is -4.05. The van der Waals surface area contributed by atoms with Gasteiger partial charge >= 0.3 is 0 Å². The number of benzene rings is 3. The minimum Gasteiger partial charge on any atom is -0.486 e. The first-order valence-corrected chi connectivity index (χ1v) is 14.5. The molecule has 1 saturated heterocycles. The molecule has 3 aromatic carbocycles. The van der Waals surface area contributed by atoms with Crippen LogP contribution in [0.3, 0.4) is 0 Å². The lowest BCUT2D eigenvalue weighted by Gasteiger charge is -2.31. The van der Waals surface area contributed by atoms with Crippen LogP contribution >= 0.6 is 11.6 Å². The Morgan fingerprint density at radius 2 is 1.69 bits per heavy atom. The number of nitrogens with one attached hydrogen (secondary N) is 1. The highest BCUT2D eigenvalue weighted by Crippen LogP contribution is 2.39. The van der Waals surface area contributed by atoms with Gasteiger partial charge in [-0.15, -0.1) is 0 Å². The number of hydrogen-bond acceptors (Lipinski definition) is 7. The van der Waals surface area contributed by atoms with Crippen molar-refractivity contribution in [1.29, 1.82) is 0 Å². The Bertz CT molecular complexity index is 1710. The Balaban J connectivity index is 1.26. The Kier molecular flexibility index (Phi) is 7.23. The number of carbonyl (C=O) groups is 1. The van der Waals surface area contributed by atoms with E-state index < -0.39 is 5.91 Å². The summed E-state index contributed by atoms with van der Waals surface area (Å²) in [5.41, 5.74) is 3.22. The topological polar surface area (TPSA) is 91.3 Å². The number of halogens is 1. The van der Waals surface area contributed by atoms with Crippen molar-refractivity contribution in [3.8, 4) is 17.2 Å². The van der Waals surface area contributed by atoms with Gasteiger partial charge in [0.25, 0.3) is 5.91 Å². The molecule has 1 aromatic heterocycles. The maximum Gasteiger partial charge on any atom is 0.257 e. The Morgan fingerprint density at radius 3 is 2.50 bits per heavy atom.